The highest BCUT2D eigenvalue weighted by atomic mass is 32.2. The van der Waals surface area contributed by atoms with Gasteiger partial charge in [0, 0.05) is 19.1 Å². The molecule has 0 amide bonds. The molecule has 21 heavy (non-hydrogen) atoms. The van der Waals surface area contributed by atoms with Gasteiger partial charge in [-0.3, -0.25) is 0 Å². The number of benzene rings is 1. The van der Waals surface area contributed by atoms with Gasteiger partial charge in [0.05, 0.1) is 4.90 Å². The van der Waals surface area contributed by atoms with E-state index in [9.17, 15) is 8.42 Å². The van der Waals surface area contributed by atoms with Crippen LogP contribution in [-0.4, -0.2) is 44.9 Å². The van der Waals surface area contributed by atoms with Crippen molar-refractivity contribution in [2.24, 2.45) is 0 Å². The van der Waals surface area contributed by atoms with Crippen LogP contribution in [0.5, 0.6) is 0 Å². The minimum atomic E-state index is -3.41. The Morgan fingerprint density at radius 1 is 1.24 bits per heavy atom. The third-order valence-electron chi connectivity index (χ3n) is 3.85. The van der Waals surface area contributed by atoms with Gasteiger partial charge in [-0.1, -0.05) is 12.1 Å². The molecule has 1 rings (SSSR count). The summed E-state index contributed by atoms with van der Waals surface area (Å²) in [7, 11) is 0.128. The van der Waals surface area contributed by atoms with Crippen LogP contribution in [0.4, 0.5) is 0 Å². The van der Waals surface area contributed by atoms with Crippen molar-refractivity contribution in [1.82, 2.24) is 9.62 Å². The highest BCUT2D eigenvalue weighted by Crippen LogP contribution is 2.21. The van der Waals surface area contributed by atoms with E-state index in [1.54, 1.807) is 30.9 Å². The maximum atomic E-state index is 12.6. The normalized spacial score (nSPS) is 15.1. The molecule has 0 aromatic heterocycles. The van der Waals surface area contributed by atoms with Gasteiger partial charge in [0.25, 0.3) is 0 Å². The number of rotatable bonds is 8. The summed E-state index contributed by atoms with van der Waals surface area (Å²) in [5, 5.41) is 3.14. The zero-order chi connectivity index (χ0) is 16.0. The number of thioether (sulfide) groups is 1. The molecule has 0 radical (unpaired) electrons. The quantitative estimate of drug-likeness (QED) is 0.796. The molecule has 0 aliphatic carbocycles. The fourth-order valence-electron chi connectivity index (χ4n) is 1.97. The van der Waals surface area contributed by atoms with Crippen LogP contribution in [0.1, 0.15) is 31.9 Å². The molecule has 0 saturated heterocycles. The molecule has 0 bridgehead atoms. The van der Waals surface area contributed by atoms with Crippen LogP contribution in [0.25, 0.3) is 0 Å². The van der Waals surface area contributed by atoms with Crippen molar-refractivity contribution in [3.05, 3.63) is 29.8 Å². The van der Waals surface area contributed by atoms with Gasteiger partial charge in [-0.25, -0.2) is 8.42 Å². The number of hydrogen-bond acceptors (Lipinski definition) is 4. The lowest BCUT2D eigenvalue weighted by Gasteiger charge is -2.24. The average Bonchev–Trinajstić information content (AvgIpc) is 2.50. The van der Waals surface area contributed by atoms with Crippen molar-refractivity contribution in [2.45, 2.75) is 37.2 Å². The number of nitrogens with zero attached hydrogens (tertiary/aromatic N) is 1. The first-order chi connectivity index (χ1) is 9.84. The molecule has 4 nitrogen and oxygen atoms in total. The molecular formula is C15H26N2O2S2. The molecule has 0 fully saturated rings. The largest absolute Gasteiger partial charge is 0.313 e. The predicted molar refractivity (Wildman–Crippen MR) is 91.3 cm³/mol. The molecule has 1 aromatic carbocycles. The summed E-state index contributed by atoms with van der Waals surface area (Å²) < 4.78 is 26.7. The Bertz CT molecular complexity index is 529. The predicted octanol–water partition coefficient (Wildman–Crippen LogP) is 2.73. The maximum absolute atomic E-state index is 12.6. The van der Waals surface area contributed by atoms with Crippen LogP contribution in [0.2, 0.25) is 0 Å². The molecule has 0 spiro atoms. The van der Waals surface area contributed by atoms with Gasteiger partial charge in [-0.05, 0) is 57.0 Å². The van der Waals surface area contributed by atoms with Gasteiger partial charge in [0.1, 0.15) is 0 Å². The summed E-state index contributed by atoms with van der Waals surface area (Å²) in [6.07, 6.45) is 2.88. The van der Waals surface area contributed by atoms with Gasteiger partial charge in [0.2, 0.25) is 10.0 Å². The third kappa shape index (κ3) is 4.71. The molecule has 0 saturated carbocycles. The average molecular weight is 331 g/mol. The van der Waals surface area contributed by atoms with Crippen molar-refractivity contribution in [3.8, 4) is 0 Å². The lowest BCUT2D eigenvalue weighted by Crippen LogP contribution is -2.35. The van der Waals surface area contributed by atoms with E-state index >= 15 is 0 Å². The lowest BCUT2D eigenvalue weighted by atomic mass is 10.1. The molecule has 0 aliphatic rings. The van der Waals surface area contributed by atoms with Gasteiger partial charge >= 0.3 is 0 Å². The van der Waals surface area contributed by atoms with E-state index < -0.39 is 10.0 Å². The Hall–Kier alpha value is -0.560. The van der Waals surface area contributed by atoms with Crippen molar-refractivity contribution >= 4 is 21.8 Å². The standard InChI is InChI=1S/C15H26N2O2S2/c1-12(10-11-20-5)17(4)21(18,19)15-8-6-14(7-9-15)13(2)16-3/h6-9,12-13,16H,10-11H2,1-5H3. The van der Waals surface area contributed by atoms with Crippen molar-refractivity contribution < 1.29 is 8.42 Å². The summed E-state index contributed by atoms with van der Waals surface area (Å²) in [5.74, 6) is 0.958. The highest BCUT2D eigenvalue weighted by Gasteiger charge is 2.25. The zero-order valence-corrected chi connectivity index (χ0v) is 15.1. The monoisotopic (exact) mass is 330 g/mol. The molecule has 2 unspecified atom stereocenters. The Labute approximate surface area is 133 Å². The molecule has 6 heteroatoms. The maximum Gasteiger partial charge on any atom is 0.243 e. The van der Waals surface area contributed by atoms with E-state index in [0.717, 1.165) is 17.7 Å². The summed E-state index contributed by atoms with van der Waals surface area (Å²) in [6, 6.07) is 7.33. The number of nitrogens with one attached hydrogen (secondary N) is 1. The second-order valence-corrected chi connectivity index (χ2v) is 8.21. The Morgan fingerprint density at radius 3 is 2.29 bits per heavy atom. The summed E-state index contributed by atoms with van der Waals surface area (Å²) in [6.45, 7) is 3.99. The van der Waals surface area contributed by atoms with Gasteiger partial charge in [-0.2, -0.15) is 16.1 Å². The van der Waals surface area contributed by atoms with E-state index in [2.05, 4.69) is 5.32 Å². The molecule has 2 atom stereocenters. The van der Waals surface area contributed by atoms with Crippen molar-refractivity contribution in [2.75, 3.05) is 26.1 Å². The van der Waals surface area contributed by atoms with Gasteiger partial charge in [0.15, 0.2) is 0 Å². The van der Waals surface area contributed by atoms with E-state index in [1.807, 2.05) is 39.3 Å². The molecular weight excluding hydrogens is 304 g/mol. The highest BCUT2D eigenvalue weighted by molar-refractivity contribution is 7.98. The minimum absolute atomic E-state index is 0.00152. The van der Waals surface area contributed by atoms with Crippen LogP contribution in [0, 0.1) is 0 Å². The van der Waals surface area contributed by atoms with Crippen molar-refractivity contribution in [3.63, 3.8) is 0 Å². The molecule has 1 aromatic rings. The van der Waals surface area contributed by atoms with Gasteiger partial charge in [-0.15, -0.1) is 0 Å². The van der Waals surface area contributed by atoms with Crippen LogP contribution < -0.4 is 5.32 Å². The topological polar surface area (TPSA) is 49.4 Å². The van der Waals surface area contributed by atoms with Crippen LogP contribution in [-0.2, 0) is 10.0 Å². The summed E-state index contributed by atoms with van der Waals surface area (Å²) in [5.41, 5.74) is 1.08. The van der Waals surface area contributed by atoms with Gasteiger partial charge < -0.3 is 5.32 Å². The molecule has 120 valence electrons. The minimum Gasteiger partial charge on any atom is -0.313 e. The zero-order valence-electron chi connectivity index (χ0n) is 13.5. The summed E-state index contributed by atoms with van der Waals surface area (Å²) >= 11 is 1.73. The lowest BCUT2D eigenvalue weighted by molar-refractivity contribution is 0.382. The van der Waals surface area contributed by atoms with Crippen molar-refractivity contribution in [1.29, 1.82) is 0 Å². The van der Waals surface area contributed by atoms with Crippen LogP contribution in [0.15, 0.2) is 29.2 Å². The number of sulfonamides is 1. The molecule has 0 heterocycles. The van der Waals surface area contributed by atoms with Crippen LogP contribution >= 0.6 is 11.8 Å². The fourth-order valence-corrected chi connectivity index (χ4v) is 3.94. The summed E-state index contributed by atoms with van der Waals surface area (Å²) in [4.78, 5) is 0.355. The first-order valence-corrected chi connectivity index (χ1v) is 9.92. The Kier molecular flexibility index (Phi) is 7.20. The Balaban J connectivity index is 2.91. The first-order valence-electron chi connectivity index (χ1n) is 7.08. The van der Waals surface area contributed by atoms with E-state index in [4.69, 9.17) is 0 Å². The first kappa shape index (κ1) is 18.5. The van der Waals surface area contributed by atoms with E-state index in [-0.39, 0.29) is 12.1 Å². The SMILES string of the molecule is CNC(C)c1ccc(S(=O)(=O)N(C)C(C)CCSC)cc1. The number of hydrogen-bond donors (Lipinski definition) is 1. The molecule has 0 aliphatic heterocycles. The third-order valence-corrected chi connectivity index (χ3v) is 6.48. The van der Waals surface area contributed by atoms with Crippen LogP contribution in [0.3, 0.4) is 0 Å². The van der Waals surface area contributed by atoms with E-state index in [0.29, 0.717) is 4.90 Å². The Morgan fingerprint density at radius 2 is 1.81 bits per heavy atom. The fraction of sp³-hybridized carbons (Fsp3) is 0.600. The second kappa shape index (κ2) is 8.17. The second-order valence-electron chi connectivity index (χ2n) is 5.23. The smallest absolute Gasteiger partial charge is 0.243 e. The van der Waals surface area contributed by atoms with E-state index in [1.165, 1.54) is 4.31 Å². The molecule has 1 N–H and O–H groups in total.